The van der Waals surface area contributed by atoms with Crippen LogP contribution in [-0.4, -0.2) is 29.7 Å². The zero-order valence-corrected chi connectivity index (χ0v) is 9.14. The SMILES string of the molecule is Cn1cnc(Oc2ncnc(NN)c2[N+](=O)[O-])n1. The number of nitrogens with two attached hydrogens (primary N) is 1. The predicted octanol–water partition coefficient (Wildman–Crippen LogP) is -0.409. The summed E-state index contributed by atoms with van der Waals surface area (Å²) in [6.45, 7) is 0. The Morgan fingerprint density at radius 2 is 2.28 bits per heavy atom. The highest BCUT2D eigenvalue weighted by molar-refractivity contribution is 5.60. The van der Waals surface area contributed by atoms with E-state index in [1.165, 1.54) is 11.0 Å². The highest BCUT2D eigenvalue weighted by Crippen LogP contribution is 2.32. The number of ether oxygens (including phenoxy) is 1. The molecule has 94 valence electrons. The number of aryl methyl sites for hydroxylation is 1. The number of hydrazine groups is 1. The molecule has 11 nitrogen and oxygen atoms in total. The maximum atomic E-state index is 10.9. The number of nitrogen functional groups attached to an aromatic ring is 1. The third-order valence-corrected chi connectivity index (χ3v) is 1.87. The quantitative estimate of drug-likeness (QED) is 0.420. The lowest BCUT2D eigenvalue weighted by molar-refractivity contribution is -0.385. The van der Waals surface area contributed by atoms with E-state index in [0.29, 0.717) is 0 Å². The molecule has 2 heterocycles. The Morgan fingerprint density at radius 1 is 1.50 bits per heavy atom. The fourth-order valence-corrected chi connectivity index (χ4v) is 1.16. The van der Waals surface area contributed by atoms with E-state index in [9.17, 15) is 10.1 Å². The molecular formula is C7H8N8O3. The van der Waals surface area contributed by atoms with Crippen LogP contribution in [0.15, 0.2) is 12.7 Å². The van der Waals surface area contributed by atoms with E-state index in [1.54, 1.807) is 7.05 Å². The molecule has 0 saturated carbocycles. The number of aromatic nitrogens is 5. The smallest absolute Gasteiger partial charge is 0.374 e. The van der Waals surface area contributed by atoms with Crippen molar-refractivity contribution in [1.82, 2.24) is 24.7 Å². The highest BCUT2D eigenvalue weighted by atomic mass is 16.6. The normalized spacial score (nSPS) is 10.1. The van der Waals surface area contributed by atoms with Crippen molar-refractivity contribution in [1.29, 1.82) is 0 Å². The van der Waals surface area contributed by atoms with Crippen molar-refractivity contribution >= 4 is 11.5 Å². The molecule has 0 aliphatic rings. The number of hydrogen-bond acceptors (Lipinski definition) is 9. The minimum Gasteiger partial charge on any atom is -0.397 e. The van der Waals surface area contributed by atoms with E-state index in [1.807, 2.05) is 0 Å². The standard InChI is InChI=1S/C7H8N8O3/c1-14-3-11-7(13-14)18-6-4(15(16)17)5(12-8)9-2-10-6/h2-3H,8H2,1H3,(H,9,10,12). The monoisotopic (exact) mass is 252 g/mol. The molecule has 0 bridgehead atoms. The van der Waals surface area contributed by atoms with Crippen LogP contribution in [0.25, 0.3) is 0 Å². The molecule has 0 spiro atoms. The molecule has 18 heavy (non-hydrogen) atoms. The minimum atomic E-state index is -0.715. The van der Waals surface area contributed by atoms with Crippen molar-refractivity contribution in [2.24, 2.45) is 12.9 Å². The predicted molar refractivity (Wildman–Crippen MR) is 57.6 cm³/mol. The van der Waals surface area contributed by atoms with E-state index >= 15 is 0 Å². The summed E-state index contributed by atoms with van der Waals surface area (Å²) in [6, 6.07) is -0.0673. The first-order valence-electron chi connectivity index (χ1n) is 4.61. The summed E-state index contributed by atoms with van der Waals surface area (Å²) in [5, 5.41) is 14.7. The van der Waals surface area contributed by atoms with Crippen LogP contribution >= 0.6 is 0 Å². The van der Waals surface area contributed by atoms with Crippen LogP contribution in [0, 0.1) is 10.1 Å². The lowest BCUT2D eigenvalue weighted by atomic mass is 10.4. The van der Waals surface area contributed by atoms with Gasteiger partial charge < -0.3 is 10.2 Å². The van der Waals surface area contributed by atoms with Gasteiger partial charge in [0.05, 0.1) is 4.92 Å². The van der Waals surface area contributed by atoms with Gasteiger partial charge in [-0.05, 0) is 0 Å². The molecule has 0 aliphatic heterocycles. The summed E-state index contributed by atoms with van der Waals surface area (Å²) >= 11 is 0. The summed E-state index contributed by atoms with van der Waals surface area (Å²) in [6.07, 6.45) is 2.45. The highest BCUT2D eigenvalue weighted by Gasteiger charge is 2.25. The Bertz CT molecular complexity index is 582. The number of rotatable bonds is 4. The maximum absolute atomic E-state index is 10.9. The van der Waals surface area contributed by atoms with E-state index in [0.717, 1.165) is 6.33 Å². The van der Waals surface area contributed by atoms with Gasteiger partial charge in [0.2, 0.25) is 5.82 Å². The minimum absolute atomic E-state index is 0.0673. The Labute approximate surface area is 99.7 Å². The molecule has 0 amide bonds. The van der Waals surface area contributed by atoms with E-state index < -0.39 is 10.6 Å². The number of nitro groups is 1. The fourth-order valence-electron chi connectivity index (χ4n) is 1.16. The summed E-state index contributed by atoms with van der Waals surface area (Å²) in [4.78, 5) is 21.2. The second-order valence-corrected chi connectivity index (χ2v) is 3.08. The number of nitrogens with one attached hydrogen (secondary N) is 1. The van der Waals surface area contributed by atoms with Crippen LogP contribution in [0.4, 0.5) is 11.5 Å². The molecule has 0 unspecified atom stereocenters. The second kappa shape index (κ2) is 4.58. The first-order chi connectivity index (χ1) is 8.61. The molecule has 0 aromatic carbocycles. The van der Waals surface area contributed by atoms with Crippen LogP contribution in [0.1, 0.15) is 0 Å². The Hall–Kier alpha value is -2.82. The third-order valence-electron chi connectivity index (χ3n) is 1.87. The van der Waals surface area contributed by atoms with Crippen molar-refractivity contribution in [2.45, 2.75) is 0 Å². The molecule has 0 fully saturated rings. The average Bonchev–Trinajstić information content (AvgIpc) is 2.74. The summed E-state index contributed by atoms with van der Waals surface area (Å²) in [5.41, 5.74) is 1.60. The molecule has 0 radical (unpaired) electrons. The zero-order chi connectivity index (χ0) is 13.1. The Morgan fingerprint density at radius 3 is 2.83 bits per heavy atom. The summed E-state index contributed by atoms with van der Waals surface area (Å²) in [5.74, 6) is 4.66. The molecule has 2 aromatic heterocycles. The van der Waals surface area contributed by atoms with E-state index in [-0.39, 0.29) is 17.7 Å². The van der Waals surface area contributed by atoms with Crippen LogP contribution in [0.2, 0.25) is 0 Å². The van der Waals surface area contributed by atoms with Gasteiger partial charge in [0.25, 0.3) is 0 Å². The Balaban J connectivity index is 2.41. The summed E-state index contributed by atoms with van der Waals surface area (Å²) < 4.78 is 6.48. The number of anilines is 1. The molecule has 0 aliphatic carbocycles. The van der Waals surface area contributed by atoms with Crippen molar-refractivity contribution in [3.63, 3.8) is 0 Å². The van der Waals surface area contributed by atoms with Gasteiger partial charge in [-0.1, -0.05) is 0 Å². The van der Waals surface area contributed by atoms with Gasteiger partial charge in [0.15, 0.2) is 0 Å². The molecule has 3 N–H and O–H groups in total. The first-order valence-corrected chi connectivity index (χ1v) is 4.61. The molecule has 0 atom stereocenters. The van der Waals surface area contributed by atoms with Crippen molar-refractivity contribution in [3.8, 4) is 11.9 Å². The van der Waals surface area contributed by atoms with Gasteiger partial charge in [-0.2, -0.15) is 9.97 Å². The van der Waals surface area contributed by atoms with Crippen LogP contribution < -0.4 is 16.0 Å². The molecule has 2 rings (SSSR count). The zero-order valence-electron chi connectivity index (χ0n) is 9.14. The topological polar surface area (TPSA) is 147 Å². The lowest BCUT2D eigenvalue weighted by Gasteiger charge is -2.03. The maximum Gasteiger partial charge on any atom is 0.374 e. The van der Waals surface area contributed by atoms with Gasteiger partial charge in [-0.15, -0.1) is 5.10 Å². The summed E-state index contributed by atoms with van der Waals surface area (Å²) in [7, 11) is 1.63. The fraction of sp³-hybridized carbons (Fsp3) is 0.143. The Kier molecular flexibility index (Phi) is 2.97. The molecule has 11 heteroatoms. The molecular weight excluding hydrogens is 244 g/mol. The van der Waals surface area contributed by atoms with Gasteiger partial charge in [-0.3, -0.25) is 14.8 Å². The number of hydrogen-bond donors (Lipinski definition) is 2. The molecule has 0 saturated heterocycles. The third kappa shape index (κ3) is 2.15. The van der Waals surface area contributed by atoms with Crippen molar-refractivity contribution in [2.75, 3.05) is 5.43 Å². The second-order valence-electron chi connectivity index (χ2n) is 3.08. The van der Waals surface area contributed by atoms with E-state index in [2.05, 4.69) is 25.5 Å². The van der Waals surface area contributed by atoms with Crippen molar-refractivity contribution in [3.05, 3.63) is 22.8 Å². The van der Waals surface area contributed by atoms with Gasteiger partial charge in [0.1, 0.15) is 12.7 Å². The lowest BCUT2D eigenvalue weighted by Crippen LogP contribution is -2.12. The van der Waals surface area contributed by atoms with Crippen LogP contribution in [0.3, 0.4) is 0 Å². The van der Waals surface area contributed by atoms with Crippen LogP contribution in [-0.2, 0) is 7.05 Å². The van der Waals surface area contributed by atoms with Crippen molar-refractivity contribution < 1.29 is 9.66 Å². The molecule has 2 aromatic rings. The number of nitrogens with zero attached hydrogens (tertiary/aromatic N) is 6. The van der Waals surface area contributed by atoms with Crippen LogP contribution in [0.5, 0.6) is 11.9 Å². The van der Waals surface area contributed by atoms with Gasteiger partial charge in [-0.25, -0.2) is 10.8 Å². The van der Waals surface area contributed by atoms with Gasteiger partial charge >= 0.3 is 17.6 Å². The first kappa shape index (κ1) is 11.7. The van der Waals surface area contributed by atoms with E-state index in [4.69, 9.17) is 10.6 Å². The average molecular weight is 252 g/mol. The van der Waals surface area contributed by atoms with Gasteiger partial charge in [0, 0.05) is 7.05 Å². The largest absolute Gasteiger partial charge is 0.397 e.